The van der Waals surface area contributed by atoms with Gasteiger partial charge >= 0.3 is 0 Å². The van der Waals surface area contributed by atoms with Crippen LogP contribution in [0.2, 0.25) is 0 Å². The van der Waals surface area contributed by atoms with Crippen LogP contribution in [0.15, 0.2) is 0 Å². The van der Waals surface area contributed by atoms with Crippen LogP contribution in [-0.2, 0) is 0 Å². The first-order valence-electron chi connectivity index (χ1n) is 8.41. The van der Waals surface area contributed by atoms with Crippen LogP contribution in [0, 0.1) is 35.0 Å². The summed E-state index contributed by atoms with van der Waals surface area (Å²) >= 11 is 0. The van der Waals surface area contributed by atoms with Crippen molar-refractivity contribution >= 4 is 0 Å². The summed E-state index contributed by atoms with van der Waals surface area (Å²) in [6, 6.07) is 0. The Morgan fingerprint density at radius 3 is 2.11 bits per heavy atom. The summed E-state index contributed by atoms with van der Waals surface area (Å²) in [6.07, 6.45) is 7.09. The van der Waals surface area contributed by atoms with E-state index in [1.807, 2.05) is 0 Å². The quantitative estimate of drug-likeness (QED) is 0.509. The summed E-state index contributed by atoms with van der Waals surface area (Å²) in [6.45, 7) is 17.0. The Morgan fingerprint density at radius 1 is 1.06 bits per heavy atom. The van der Waals surface area contributed by atoms with Crippen molar-refractivity contribution in [2.75, 3.05) is 0 Å². The van der Waals surface area contributed by atoms with E-state index in [-0.39, 0.29) is 0 Å². The second kappa shape index (κ2) is 6.44. The number of hydrogen-bond donors (Lipinski definition) is 0. The first kappa shape index (κ1) is 16.1. The van der Waals surface area contributed by atoms with Gasteiger partial charge in [-0.15, -0.1) is 0 Å². The van der Waals surface area contributed by atoms with Gasteiger partial charge in [-0.2, -0.15) is 0 Å². The van der Waals surface area contributed by atoms with E-state index in [1.165, 1.54) is 32.1 Å². The van der Waals surface area contributed by atoms with E-state index >= 15 is 0 Å². The summed E-state index contributed by atoms with van der Waals surface area (Å²) in [5.41, 5.74) is 0.648. The SMILES string of the molecule is CCC(C)CCCC1C(C)C(C)C1(CC)C(C)C. The standard InChI is InChI=1S/C18H36/c1-8-14(5)11-10-12-17-15(6)16(7)18(17,9-2)13(3)4/h13-17H,8-12H2,1-7H3. The molecule has 0 saturated heterocycles. The van der Waals surface area contributed by atoms with Crippen molar-refractivity contribution in [1.82, 2.24) is 0 Å². The van der Waals surface area contributed by atoms with Gasteiger partial charge in [0.2, 0.25) is 0 Å². The molecular formula is C18H36. The van der Waals surface area contributed by atoms with E-state index in [4.69, 9.17) is 0 Å². The summed E-state index contributed by atoms with van der Waals surface area (Å²) < 4.78 is 0. The minimum atomic E-state index is 0.648. The van der Waals surface area contributed by atoms with Crippen LogP contribution in [-0.4, -0.2) is 0 Å². The van der Waals surface area contributed by atoms with Crippen LogP contribution < -0.4 is 0 Å². The molecule has 1 aliphatic rings. The molecule has 108 valence electrons. The van der Waals surface area contributed by atoms with E-state index in [9.17, 15) is 0 Å². The molecule has 0 spiro atoms. The lowest BCUT2D eigenvalue weighted by molar-refractivity contribution is -0.146. The molecule has 5 unspecified atom stereocenters. The van der Waals surface area contributed by atoms with E-state index in [2.05, 4.69) is 48.5 Å². The molecule has 18 heavy (non-hydrogen) atoms. The first-order chi connectivity index (χ1) is 8.41. The molecule has 0 N–H and O–H groups in total. The molecule has 0 heteroatoms. The van der Waals surface area contributed by atoms with Crippen LogP contribution in [0.5, 0.6) is 0 Å². The van der Waals surface area contributed by atoms with E-state index in [0.29, 0.717) is 5.41 Å². The van der Waals surface area contributed by atoms with E-state index in [1.54, 1.807) is 0 Å². The second-order valence-electron chi connectivity index (χ2n) is 7.32. The van der Waals surface area contributed by atoms with Crippen LogP contribution in [0.3, 0.4) is 0 Å². The maximum absolute atomic E-state index is 2.50. The third kappa shape index (κ3) is 2.63. The third-order valence-corrected chi connectivity index (χ3v) is 6.56. The fourth-order valence-electron chi connectivity index (χ4n) is 4.91. The molecule has 0 amide bonds. The second-order valence-corrected chi connectivity index (χ2v) is 7.32. The molecular weight excluding hydrogens is 216 g/mol. The number of rotatable bonds is 7. The molecule has 0 radical (unpaired) electrons. The van der Waals surface area contributed by atoms with Crippen molar-refractivity contribution in [2.24, 2.45) is 35.0 Å². The lowest BCUT2D eigenvalue weighted by atomic mass is 9.42. The average molecular weight is 252 g/mol. The lowest BCUT2D eigenvalue weighted by Gasteiger charge is -2.63. The predicted molar refractivity (Wildman–Crippen MR) is 82.7 cm³/mol. The molecule has 0 aliphatic heterocycles. The maximum atomic E-state index is 2.50. The van der Waals surface area contributed by atoms with Crippen LogP contribution in [0.25, 0.3) is 0 Å². The molecule has 0 aromatic heterocycles. The minimum Gasteiger partial charge on any atom is -0.0651 e. The van der Waals surface area contributed by atoms with Gasteiger partial charge in [-0.05, 0) is 47.8 Å². The Bertz CT molecular complexity index is 242. The monoisotopic (exact) mass is 252 g/mol. The zero-order valence-electron chi connectivity index (χ0n) is 13.9. The van der Waals surface area contributed by atoms with Crippen LogP contribution in [0.1, 0.15) is 80.6 Å². The highest BCUT2D eigenvalue weighted by atomic mass is 14.6. The van der Waals surface area contributed by atoms with Gasteiger partial charge < -0.3 is 0 Å². The van der Waals surface area contributed by atoms with Gasteiger partial charge in [-0.25, -0.2) is 0 Å². The molecule has 0 aromatic carbocycles. The Hall–Kier alpha value is 0. The molecule has 1 saturated carbocycles. The van der Waals surface area contributed by atoms with Gasteiger partial charge in [-0.3, -0.25) is 0 Å². The average Bonchev–Trinajstić information content (AvgIpc) is 2.36. The Kier molecular flexibility index (Phi) is 5.74. The lowest BCUT2D eigenvalue weighted by Crippen LogP contribution is -2.57. The topological polar surface area (TPSA) is 0 Å². The van der Waals surface area contributed by atoms with Gasteiger partial charge in [0, 0.05) is 0 Å². The van der Waals surface area contributed by atoms with Crippen molar-refractivity contribution in [3.05, 3.63) is 0 Å². The highest BCUT2D eigenvalue weighted by Gasteiger charge is 2.56. The van der Waals surface area contributed by atoms with E-state index < -0.39 is 0 Å². The highest BCUT2D eigenvalue weighted by molar-refractivity contribution is 5.05. The largest absolute Gasteiger partial charge is 0.0651 e. The van der Waals surface area contributed by atoms with Crippen molar-refractivity contribution in [2.45, 2.75) is 80.6 Å². The van der Waals surface area contributed by atoms with Gasteiger partial charge in [0.15, 0.2) is 0 Å². The normalized spacial score (nSPS) is 37.7. The zero-order chi connectivity index (χ0) is 13.9. The fraction of sp³-hybridized carbons (Fsp3) is 1.00. The molecule has 0 bridgehead atoms. The zero-order valence-corrected chi connectivity index (χ0v) is 13.9. The van der Waals surface area contributed by atoms with Gasteiger partial charge in [0.05, 0.1) is 0 Å². The molecule has 5 atom stereocenters. The smallest absolute Gasteiger partial charge is 0.0218 e. The highest BCUT2D eigenvalue weighted by Crippen LogP contribution is 2.63. The van der Waals surface area contributed by atoms with Gasteiger partial charge in [0.25, 0.3) is 0 Å². The summed E-state index contributed by atoms with van der Waals surface area (Å²) in [5.74, 6) is 4.64. The van der Waals surface area contributed by atoms with Crippen LogP contribution in [0.4, 0.5) is 0 Å². The van der Waals surface area contributed by atoms with Crippen molar-refractivity contribution in [1.29, 1.82) is 0 Å². The molecule has 0 heterocycles. The van der Waals surface area contributed by atoms with Crippen molar-refractivity contribution in [3.63, 3.8) is 0 Å². The summed E-state index contributed by atoms with van der Waals surface area (Å²) in [7, 11) is 0. The van der Waals surface area contributed by atoms with Crippen LogP contribution >= 0.6 is 0 Å². The predicted octanol–water partition coefficient (Wildman–Crippen LogP) is 6.16. The Labute approximate surface area is 116 Å². The van der Waals surface area contributed by atoms with Crippen molar-refractivity contribution < 1.29 is 0 Å². The van der Waals surface area contributed by atoms with Gasteiger partial charge in [-0.1, -0.05) is 67.7 Å². The fourth-order valence-corrected chi connectivity index (χ4v) is 4.91. The molecule has 1 fully saturated rings. The summed E-state index contributed by atoms with van der Waals surface area (Å²) in [4.78, 5) is 0. The van der Waals surface area contributed by atoms with Crippen molar-refractivity contribution in [3.8, 4) is 0 Å². The molecule has 1 aliphatic carbocycles. The molecule has 1 rings (SSSR count). The third-order valence-electron chi connectivity index (χ3n) is 6.56. The molecule has 0 nitrogen and oxygen atoms in total. The maximum Gasteiger partial charge on any atom is -0.0218 e. The van der Waals surface area contributed by atoms with Gasteiger partial charge in [0.1, 0.15) is 0 Å². The Balaban J connectivity index is 2.57. The van der Waals surface area contributed by atoms with E-state index in [0.717, 1.165) is 29.6 Å². The minimum absolute atomic E-state index is 0.648. The Morgan fingerprint density at radius 2 is 1.67 bits per heavy atom. The first-order valence-corrected chi connectivity index (χ1v) is 8.41. The summed E-state index contributed by atoms with van der Waals surface area (Å²) in [5, 5.41) is 0. The molecule has 0 aromatic rings. The number of hydrogen-bond acceptors (Lipinski definition) is 0.